The SMILES string of the molecule is O=C(COc1ccc(-c2ncco2)nc1Cl)N1CCc2nc3n(c2C1c1ccc(C2CC2)cc1F)CCCC3. The van der Waals surface area contributed by atoms with Crippen molar-refractivity contribution in [1.29, 1.82) is 0 Å². The zero-order valence-electron chi connectivity index (χ0n) is 21.3. The monoisotopic (exact) mass is 547 g/mol. The standard InChI is InChI=1S/C29H27ClFN5O3/c30-28-23(9-8-22(34-28)29-32-11-14-38-29)39-16-25(37)36-13-10-21-27(35-12-2-1-3-24(35)33-21)26(36)19-7-6-18(15-20(19)31)17-4-5-17/h6-9,11,14-15,17,26H,1-5,10,12-13,16H2. The highest BCUT2D eigenvalue weighted by Gasteiger charge is 2.39. The minimum Gasteiger partial charge on any atom is -0.481 e. The molecular formula is C29H27ClFN5O3. The molecule has 0 spiro atoms. The summed E-state index contributed by atoms with van der Waals surface area (Å²) in [7, 11) is 0. The third-order valence-electron chi connectivity index (χ3n) is 7.86. The van der Waals surface area contributed by atoms with Gasteiger partial charge >= 0.3 is 0 Å². The van der Waals surface area contributed by atoms with Gasteiger partial charge in [-0.1, -0.05) is 23.7 Å². The summed E-state index contributed by atoms with van der Waals surface area (Å²) < 4.78 is 29.0. The van der Waals surface area contributed by atoms with Crippen LogP contribution in [0.25, 0.3) is 11.6 Å². The maximum absolute atomic E-state index is 15.7. The minimum atomic E-state index is -0.571. The van der Waals surface area contributed by atoms with Crippen LogP contribution in [0, 0.1) is 5.82 Å². The fraction of sp³-hybridized carbons (Fsp3) is 0.379. The Labute approximate surface area is 229 Å². The lowest BCUT2D eigenvalue weighted by Gasteiger charge is -2.37. The number of carbonyl (C=O) groups is 1. The summed E-state index contributed by atoms with van der Waals surface area (Å²) in [4.78, 5) is 28.7. The van der Waals surface area contributed by atoms with Crippen LogP contribution in [-0.4, -0.2) is 43.5 Å². The fourth-order valence-corrected chi connectivity index (χ4v) is 6.00. The molecule has 0 radical (unpaired) electrons. The van der Waals surface area contributed by atoms with Gasteiger partial charge < -0.3 is 18.6 Å². The molecule has 10 heteroatoms. The van der Waals surface area contributed by atoms with Crippen LogP contribution in [0.15, 0.2) is 47.2 Å². The number of hydrogen-bond donors (Lipinski definition) is 0. The number of rotatable bonds is 6. The predicted molar refractivity (Wildman–Crippen MR) is 141 cm³/mol. The Morgan fingerprint density at radius 3 is 2.79 bits per heavy atom. The van der Waals surface area contributed by atoms with Crippen molar-refractivity contribution < 1.29 is 18.3 Å². The van der Waals surface area contributed by atoms with Crippen LogP contribution in [0.3, 0.4) is 0 Å². The third-order valence-corrected chi connectivity index (χ3v) is 8.13. The molecular weight excluding hydrogens is 521 g/mol. The smallest absolute Gasteiger partial charge is 0.261 e. The van der Waals surface area contributed by atoms with Gasteiger partial charge in [0.25, 0.3) is 5.91 Å². The Hall–Kier alpha value is -3.72. The third kappa shape index (κ3) is 4.48. The van der Waals surface area contributed by atoms with Crippen LogP contribution < -0.4 is 4.74 Å². The summed E-state index contributed by atoms with van der Waals surface area (Å²) in [5, 5.41) is 0.0996. The van der Waals surface area contributed by atoms with Crippen molar-refractivity contribution in [2.24, 2.45) is 0 Å². The van der Waals surface area contributed by atoms with E-state index in [4.69, 9.17) is 25.7 Å². The lowest BCUT2D eigenvalue weighted by Crippen LogP contribution is -2.44. The van der Waals surface area contributed by atoms with Crippen molar-refractivity contribution in [3.63, 3.8) is 0 Å². The van der Waals surface area contributed by atoms with Crippen molar-refractivity contribution in [2.45, 2.75) is 57.0 Å². The number of aromatic nitrogens is 4. The zero-order chi connectivity index (χ0) is 26.5. The highest BCUT2D eigenvalue weighted by molar-refractivity contribution is 6.31. The molecule has 3 aliphatic rings. The van der Waals surface area contributed by atoms with E-state index in [2.05, 4.69) is 14.5 Å². The Morgan fingerprint density at radius 1 is 1.13 bits per heavy atom. The van der Waals surface area contributed by atoms with E-state index in [1.807, 2.05) is 12.1 Å². The van der Waals surface area contributed by atoms with Gasteiger partial charge in [-0.15, -0.1) is 0 Å². The molecule has 4 aromatic rings. The van der Waals surface area contributed by atoms with E-state index in [0.717, 1.165) is 61.4 Å². The number of oxazole rings is 1. The van der Waals surface area contributed by atoms with Gasteiger partial charge in [0, 0.05) is 31.5 Å². The molecule has 200 valence electrons. The van der Waals surface area contributed by atoms with Crippen LogP contribution in [0.1, 0.15) is 66.0 Å². The number of hydrogen-bond acceptors (Lipinski definition) is 6. The average Bonchev–Trinajstić information content (AvgIpc) is 3.51. The maximum atomic E-state index is 15.7. The zero-order valence-corrected chi connectivity index (χ0v) is 22.0. The summed E-state index contributed by atoms with van der Waals surface area (Å²) in [6.07, 6.45) is 8.81. The van der Waals surface area contributed by atoms with Crippen molar-refractivity contribution in [3.8, 4) is 17.3 Å². The van der Waals surface area contributed by atoms with Gasteiger partial charge in [0.15, 0.2) is 17.5 Å². The van der Waals surface area contributed by atoms with Crippen molar-refractivity contribution in [1.82, 2.24) is 24.4 Å². The van der Waals surface area contributed by atoms with Crippen LogP contribution in [0.4, 0.5) is 4.39 Å². The number of imidazole rings is 1. The second-order valence-corrected chi connectivity index (χ2v) is 10.7. The molecule has 3 aromatic heterocycles. The second kappa shape index (κ2) is 9.79. The number of fused-ring (bicyclic) bond motifs is 3. The molecule has 1 saturated carbocycles. The summed E-state index contributed by atoms with van der Waals surface area (Å²) in [5.74, 6) is 1.55. The molecule has 7 rings (SSSR count). The van der Waals surface area contributed by atoms with Gasteiger partial charge in [0.2, 0.25) is 5.89 Å². The number of amides is 1. The van der Waals surface area contributed by atoms with Crippen LogP contribution >= 0.6 is 11.6 Å². The van der Waals surface area contributed by atoms with Gasteiger partial charge in [-0.2, -0.15) is 0 Å². The Morgan fingerprint density at radius 2 is 2.03 bits per heavy atom. The molecule has 1 atom stereocenters. The van der Waals surface area contributed by atoms with Gasteiger partial charge in [0.1, 0.15) is 29.6 Å². The predicted octanol–water partition coefficient (Wildman–Crippen LogP) is 5.49. The van der Waals surface area contributed by atoms with Gasteiger partial charge in [-0.3, -0.25) is 4.79 Å². The number of pyridine rings is 1. The van der Waals surface area contributed by atoms with E-state index in [0.29, 0.717) is 36.0 Å². The number of ether oxygens (including phenoxy) is 1. The molecule has 8 nitrogen and oxygen atoms in total. The average molecular weight is 548 g/mol. The van der Waals surface area contributed by atoms with E-state index >= 15 is 4.39 Å². The van der Waals surface area contributed by atoms with E-state index in [1.165, 1.54) is 12.5 Å². The molecule has 0 bridgehead atoms. The topological polar surface area (TPSA) is 86.3 Å². The van der Waals surface area contributed by atoms with E-state index in [1.54, 1.807) is 23.1 Å². The molecule has 1 unspecified atom stereocenters. The maximum Gasteiger partial charge on any atom is 0.261 e. The summed E-state index contributed by atoms with van der Waals surface area (Å²) in [6, 6.07) is 8.25. The van der Waals surface area contributed by atoms with Gasteiger partial charge in [-0.25, -0.2) is 19.3 Å². The molecule has 1 aromatic carbocycles. The minimum absolute atomic E-state index is 0.0996. The molecule has 1 amide bonds. The number of benzene rings is 1. The van der Waals surface area contributed by atoms with Gasteiger partial charge in [-0.05, 0) is 55.4 Å². The first kappa shape index (κ1) is 24.3. The lowest BCUT2D eigenvalue weighted by atomic mass is 9.93. The van der Waals surface area contributed by atoms with Gasteiger partial charge in [0.05, 0.1) is 17.6 Å². The number of carbonyl (C=O) groups excluding carboxylic acids is 1. The van der Waals surface area contributed by atoms with Crippen LogP contribution in [0.2, 0.25) is 5.15 Å². The molecule has 2 aliphatic heterocycles. The first-order valence-electron chi connectivity index (χ1n) is 13.4. The first-order chi connectivity index (χ1) is 19.1. The van der Waals surface area contributed by atoms with Crippen molar-refractivity contribution in [2.75, 3.05) is 13.2 Å². The van der Waals surface area contributed by atoms with Crippen LogP contribution in [0.5, 0.6) is 5.75 Å². The Bertz CT molecular complexity index is 1550. The fourth-order valence-electron chi connectivity index (χ4n) is 5.79. The second-order valence-electron chi connectivity index (χ2n) is 10.4. The molecule has 0 saturated heterocycles. The number of halogens is 2. The molecule has 1 aliphatic carbocycles. The van der Waals surface area contributed by atoms with E-state index in [9.17, 15) is 4.79 Å². The molecule has 0 N–H and O–H groups in total. The van der Waals surface area contributed by atoms with Crippen molar-refractivity contribution >= 4 is 17.5 Å². The van der Waals surface area contributed by atoms with E-state index in [-0.39, 0.29) is 29.2 Å². The molecule has 1 fully saturated rings. The Balaban J connectivity index is 1.19. The summed E-state index contributed by atoms with van der Waals surface area (Å²) in [5.41, 5.74) is 3.87. The first-order valence-corrected chi connectivity index (χ1v) is 13.8. The highest BCUT2D eigenvalue weighted by atomic mass is 35.5. The normalized spacial score (nSPS) is 18.5. The largest absolute Gasteiger partial charge is 0.481 e. The van der Waals surface area contributed by atoms with Crippen LogP contribution in [-0.2, 0) is 24.2 Å². The lowest BCUT2D eigenvalue weighted by molar-refractivity contribution is -0.135. The Kier molecular flexibility index (Phi) is 6.11. The van der Waals surface area contributed by atoms with E-state index < -0.39 is 6.04 Å². The summed E-state index contributed by atoms with van der Waals surface area (Å²) in [6.45, 7) is 0.996. The number of aryl methyl sites for hydroxylation is 1. The van der Waals surface area contributed by atoms with Crippen molar-refractivity contribution in [3.05, 3.63) is 82.1 Å². The summed E-state index contributed by atoms with van der Waals surface area (Å²) >= 11 is 6.35. The number of nitrogens with zero attached hydrogens (tertiary/aromatic N) is 5. The quantitative estimate of drug-likeness (QED) is 0.297. The molecule has 39 heavy (non-hydrogen) atoms. The molecule has 5 heterocycles. The highest BCUT2D eigenvalue weighted by Crippen LogP contribution is 2.43.